The molecule has 0 aromatic heterocycles. The molecule has 4 heteroatoms. The summed E-state index contributed by atoms with van der Waals surface area (Å²) in [6, 6.07) is 8.94. The molecule has 0 radical (unpaired) electrons. The Bertz CT molecular complexity index is 592. The molecule has 2 atom stereocenters. The maximum absolute atomic E-state index is 12.5. The van der Waals surface area contributed by atoms with Gasteiger partial charge in [0.2, 0.25) is 0 Å². The number of hydrogen-bond donors (Lipinski definition) is 1. The molecule has 2 rings (SSSR count). The number of urea groups is 1. The van der Waals surface area contributed by atoms with Crippen LogP contribution < -0.4 is 10.6 Å². The number of primary amides is 1. The van der Waals surface area contributed by atoms with Crippen LogP contribution in [0.15, 0.2) is 24.3 Å². The summed E-state index contributed by atoms with van der Waals surface area (Å²) in [7, 11) is 4.14. The Hall–Kier alpha value is -1.71. The fourth-order valence-corrected chi connectivity index (χ4v) is 4.97. The van der Waals surface area contributed by atoms with Gasteiger partial charge in [0.05, 0.1) is 0 Å². The summed E-state index contributed by atoms with van der Waals surface area (Å²) in [6.45, 7) is 6.65. The molecule has 0 aliphatic heterocycles. The molecule has 1 saturated carbocycles. The lowest BCUT2D eigenvalue weighted by atomic mass is 9.72. The van der Waals surface area contributed by atoms with Crippen molar-refractivity contribution in [1.29, 1.82) is 0 Å². The van der Waals surface area contributed by atoms with E-state index in [1.54, 1.807) is 0 Å². The fraction of sp³-hybridized carbons (Fsp3) is 0.696. The lowest BCUT2D eigenvalue weighted by Gasteiger charge is -2.49. The second kappa shape index (κ2) is 9.48. The first-order valence-electron chi connectivity index (χ1n) is 10.7. The highest BCUT2D eigenvalue weighted by Gasteiger charge is 2.42. The first-order valence-corrected chi connectivity index (χ1v) is 10.7. The lowest BCUT2D eigenvalue weighted by molar-refractivity contribution is 0.0496. The van der Waals surface area contributed by atoms with Gasteiger partial charge in [-0.3, -0.25) is 0 Å². The normalized spacial score (nSPS) is 22.7. The van der Waals surface area contributed by atoms with Gasteiger partial charge in [0.25, 0.3) is 0 Å². The van der Waals surface area contributed by atoms with Crippen molar-refractivity contribution in [2.24, 2.45) is 5.73 Å². The van der Waals surface area contributed by atoms with E-state index in [2.05, 4.69) is 68.9 Å². The van der Waals surface area contributed by atoms with Crippen molar-refractivity contribution < 1.29 is 4.79 Å². The average molecular weight is 374 g/mol. The van der Waals surface area contributed by atoms with E-state index in [0.29, 0.717) is 5.92 Å². The molecule has 0 bridgehead atoms. The molecule has 4 nitrogen and oxygen atoms in total. The van der Waals surface area contributed by atoms with Crippen LogP contribution in [0.4, 0.5) is 10.5 Å². The van der Waals surface area contributed by atoms with Crippen LogP contribution in [0.1, 0.15) is 83.6 Å². The molecule has 1 aliphatic rings. The van der Waals surface area contributed by atoms with Gasteiger partial charge in [-0.15, -0.1) is 0 Å². The number of nitrogens with zero attached hydrogens (tertiary/aromatic N) is 2. The topological polar surface area (TPSA) is 49.6 Å². The number of carbonyl (C=O) groups is 1. The van der Waals surface area contributed by atoms with Crippen LogP contribution in [0.2, 0.25) is 0 Å². The second-order valence-electron chi connectivity index (χ2n) is 8.72. The zero-order valence-corrected chi connectivity index (χ0v) is 18.0. The number of hydrogen-bond acceptors (Lipinski definition) is 2. The maximum Gasteiger partial charge on any atom is 0.315 e. The number of benzene rings is 1. The molecular weight excluding hydrogens is 334 g/mol. The predicted octanol–water partition coefficient (Wildman–Crippen LogP) is 5.52. The van der Waals surface area contributed by atoms with E-state index in [1.807, 2.05) is 0 Å². The van der Waals surface area contributed by atoms with E-state index in [1.165, 1.54) is 17.7 Å². The third-order valence-corrected chi connectivity index (χ3v) is 6.26. The van der Waals surface area contributed by atoms with E-state index < -0.39 is 0 Å². The van der Waals surface area contributed by atoms with Crippen LogP contribution >= 0.6 is 0 Å². The molecule has 0 heterocycles. The summed E-state index contributed by atoms with van der Waals surface area (Å²) in [5, 5.41) is 0. The van der Waals surface area contributed by atoms with Crippen molar-refractivity contribution in [3.8, 4) is 0 Å². The smallest absolute Gasteiger partial charge is 0.315 e. The summed E-state index contributed by atoms with van der Waals surface area (Å²) < 4.78 is 0. The number of nitrogens with two attached hydrogens (primary N) is 1. The van der Waals surface area contributed by atoms with Crippen LogP contribution in [0.5, 0.6) is 0 Å². The standard InChI is InChI=1S/C23H39N3O/c1-6-9-21(10-7-2)26(22(24)27)23(3)16-8-11-19(17-23)18-12-14-20(15-13-18)25(4)5/h12-15,19,21H,6-11,16-17H2,1-5H3,(H2,24,27). The summed E-state index contributed by atoms with van der Waals surface area (Å²) >= 11 is 0. The Morgan fingerprint density at radius 1 is 1.19 bits per heavy atom. The molecule has 0 spiro atoms. The van der Waals surface area contributed by atoms with Gasteiger partial charge in [-0.25, -0.2) is 4.79 Å². The number of carbonyl (C=O) groups excluding carboxylic acids is 1. The van der Waals surface area contributed by atoms with Crippen molar-refractivity contribution in [1.82, 2.24) is 4.90 Å². The summed E-state index contributed by atoms with van der Waals surface area (Å²) in [4.78, 5) is 16.7. The minimum atomic E-state index is -0.243. The third-order valence-electron chi connectivity index (χ3n) is 6.26. The van der Waals surface area contributed by atoms with E-state index in [9.17, 15) is 4.79 Å². The molecular formula is C23H39N3O. The first-order chi connectivity index (χ1) is 12.8. The molecule has 2 amide bonds. The van der Waals surface area contributed by atoms with Crippen LogP contribution in [-0.2, 0) is 0 Å². The Balaban J connectivity index is 2.24. The van der Waals surface area contributed by atoms with E-state index in [4.69, 9.17) is 5.73 Å². The fourth-order valence-electron chi connectivity index (χ4n) is 4.97. The zero-order valence-electron chi connectivity index (χ0n) is 18.0. The highest BCUT2D eigenvalue weighted by Crippen LogP contribution is 2.43. The summed E-state index contributed by atoms with van der Waals surface area (Å²) in [6.07, 6.45) is 8.62. The van der Waals surface area contributed by atoms with Crippen LogP contribution in [-0.4, -0.2) is 36.6 Å². The molecule has 27 heavy (non-hydrogen) atoms. The Labute approximate surface area is 166 Å². The van der Waals surface area contributed by atoms with Gasteiger partial charge < -0.3 is 15.5 Å². The first kappa shape index (κ1) is 21.6. The lowest BCUT2D eigenvalue weighted by Crippen LogP contribution is -2.58. The van der Waals surface area contributed by atoms with E-state index in [-0.39, 0.29) is 17.6 Å². The minimum absolute atomic E-state index is 0.149. The van der Waals surface area contributed by atoms with Crippen molar-refractivity contribution in [2.75, 3.05) is 19.0 Å². The number of anilines is 1. The van der Waals surface area contributed by atoms with Gasteiger partial charge in [-0.1, -0.05) is 45.2 Å². The molecule has 1 aromatic carbocycles. The summed E-state index contributed by atoms with van der Waals surface area (Å²) in [5.74, 6) is 0.491. The van der Waals surface area contributed by atoms with Gasteiger partial charge in [0.15, 0.2) is 0 Å². The predicted molar refractivity (Wildman–Crippen MR) is 115 cm³/mol. The van der Waals surface area contributed by atoms with E-state index in [0.717, 1.165) is 44.9 Å². The molecule has 1 fully saturated rings. The SMILES string of the molecule is CCCC(CCC)N(C(N)=O)C1(C)CCCC(c2ccc(N(C)C)cc2)C1. The van der Waals surface area contributed by atoms with Crippen LogP contribution in [0.3, 0.4) is 0 Å². The van der Waals surface area contributed by atoms with Crippen molar-refractivity contribution in [2.45, 2.75) is 89.6 Å². The van der Waals surface area contributed by atoms with Gasteiger partial charge in [0.1, 0.15) is 0 Å². The molecule has 2 unspecified atom stereocenters. The molecule has 1 aliphatic carbocycles. The van der Waals surface area contributed by atoms with Gasteiger partial charge in [-0.2, -0.15) is 0 Å². The second-order valence-corrected chi connectivity index (χ2v) is 8.72. The van der Waals surface area contributed by atoms with Crippen LogP contribution in [0, 0.1) is 0 Å². The average Bonchev–Trinajstić information content (AvgIpc) is 2.62. The number of amides is 2. The van der Waals surface area contributed by atoms with Crippen molar-refractivity contribution >= 4 is 11.7 Å². The third kappa shape index (κ3) is 5.18. The zero-order chi connectivity index (χ0) is 20.0. The van der Waals surface area contributed by atoms with E-state index >= 15 is 0 Å². The highest BCUT2D eigenvalue weighted by molar-refractivity contribution is 5.73. The Morgan fingerprint density at radius 2 is 1.78 bits per heavy atom. The Morgan fingerprint density at radius 3 is 2.26 bits per heavy atom. The summed E-state index contributed by atoms with van der Waals surface area (Å²) in [5.41, 5.74) is 8.40. The maximum atomic E-state index is 12.5. The van der Waals surface area contributed by atoms with Crippen LogP contribution in [0.25, 0.3) is 0 Å². The van der Waals surface area contributed by atoms with Gasteiger partial charge >= 0.3 is 6.03 Å². The molecule has 152 valence electrons. The minimum Gasteiger partial charge on any atom is -0.378 e. The Kier molecular flexibility index (Phi) is 7.58. The molecule has 2 N–H and O–H groups in total. The molecule has 0 saturated heterocycles. The van der Waals surface area contributed by atoms with Crippen molar-refractivity contribution in [3.05, 3.63) is 29.8 Å². The van der Waals surface area contributed by atoms with Crippen molar-refractivity contribution in [3.63, 3.8) is 0 Å². The quantitative estimate of drug-likeness (QED) is 0.652. The highest BCUT2D eigenvalue weighted by atomic mass is 16.2. The van der Waals surface area contributed by atoms with Gasteiger partial charge in [0, 0.05) is 31.4 Å². The largest absolute Gasteiger partial charge is 0.378 e. The number of rotatable bonds is 8. The van der Waals surface area contributed by atoms with Gasteiger partial charge in [-0.05, 0) is 62.6 Å². The molecule has 1 aromatic rings. The monoisotopic (exact) mass is 373 g/mol.